The van der Waals surface area contributed by atoms with Crippen molar-refractivity contribution < 1.29 is 9.84 Å². The minimum atomic E-state index is -0.712. The lowest BCUT2D eigenvalue weighted by Gasteiger charge is -2.11. The minimum Gasteiger partial charge on any atom is -0.394 e. The van der Waals surface area contributed by atoms with Gasteiger partial charge in [0.1, 0.15) is 0 Å². The standard InChI is InChI=1S/C10H10ClNO2/c11-9-4-2-1-3-8(9)10(7-12)14-6-5-13/h1-4,10,13H,5-6H2. The van der Waals surface area contributed by atoms with Gasteiger partial charge >= 0.3 is 0 Å². The fraction of sp³-hybridized carbons (Fsp3) is 0.300. The van der Waals surface area contributed by atoms with Crippen LogP contribution in [0, 0.1) is 11.3 Å². The molecule has 0 aliphatic heterocycles. The van der Waals surface area contributed by atoms with E-state index < -0.39 is 6.10 Å². The fourth-order valence-corrected chi connectivity index (χ4v) is 1.29. The molecule has 0 aromatic heterocycles. The van der Waals surface area contributed by atoms with E-state index in [1.165, 1.54) is 0 Å². The second-order valence-corrected chi connectivity index (χ2v) is 3.03. The van der Waals surface area contributed by atoms with Crippen LogP contribution < -0.4 is 0 Å². The number of nitriles is 1. The molecule has 0 saturated heterocycles. The maximum Gasteiger partial charge on any atom is 0.170 e. The summed E-state index contributed by atoms with van der Waals surface area (Å²) in [5.41, 5.74) is 0.630. The number of hydrogen-bond donors (Lipinski definition) is 1. The average molecular weight is 212 g/mol. The maximum absolute atomic E-state index is 8.82. The zero-order valence-electron chi connectivity index (χ0n) is 7.48. The second kappa shape index (κ2) is 5.61. The molecule has 14 heavy (non-hydrogen) atoms. The SMILES string of the molecule is N#CC(OCCO)c1ccccc1Cl. The quantitative estimate of drug-likeness (QED) is 0.828. The first kappa shape index (κ1) is 11.0. The molecule has 0 aliphatic rings. The third kappa shape index (κ3) is 2.71. The smallest absolute Gasteiger partial charge is 0.170 e. The number of halogens is 1. The van der Waals surface area contributed by atoms with Crippen molar-refractivity contribution in [1.82, 2.24) is 0 Å². The Morgan fingerprint density at radius 1 is 1.50 bits per heavy atom. The molecule has 3 nitrogen and oxygen atoms in total. The van der Waals surface area contributed by atoms with Crippen LogP contribution in [0.25, 0.3) is 0 Å². The van der Waals surface area contributed by atoms with E-state index in [9.17, 15) is 0 Å². The Morgan fingerprint density at radius 2 is 2.21 bits per heavy atom. The summed E-state index contributed by atoms with van der Waals surface area (Å²) < 4.78 is 5.11. The first-order chi connectivity index (χ1) is 6.79. The summed E-state index contributed by atoms with van der Waals surface area (Å²) in [6, 6.07) is 8.97. The third-order valence-electron chi connectivity index (χ3n) is 1.68. The zero-order valence-corrected chi connectivity index (χ0v) is 8.24. The van der Waals surface area contributed by atoms with Crippen LogP contribution in [0.15, 0.2) is 24.3 Å². The summed E-state index contributed by atoms with van der Waals surface area (Å²) in [4.78, 5) is 0. The number of hydrogen-bond acceptors (Lipinski definition) is 3. The Morgan fingerprint density at radius 3 is 2.79 bits per heavy atom. The molecule has 0 aliphatic carbocycles. The van der Waals surface area contributed by atoms with Crippen LogP contribution in [0.3, 0.4) is 0 Å². The molecule has 1 atom stereocenters. The predicted molar refractivity (Wildman–Crippen MR) is 52.8 cm³/mol. The molecule has 0 fully saturated rings. The maximum atomic E-state index is 8.82. The van der Waals surface area contributed by atoms with Crippen LogP contribution in [0.1, 0.15) is 11.7 Å². The predicted octanol–water partition coefficient (Wildman–Crippen LogP) is 1.91. The lowest BCUT2D eigenvalue weighted by atomic mass is 10.1. The molecule has 1 rings (SSSR count). The van der Waals surface area contributed by atoms with E-state index in [0.717, 1.165) is 0 Å². The van der Waals surface area contributed by atoms with Crippen molar-refractivity contribution in [2.75, 3.05) is 13.2 Å². The van der Waals surface area contributed by atoms with Gasteiger partial charge in [-0.15, -0.1) is 0 Å². The molecular weight excluding hydrogens is 202 g/mol. The molecule has 1 N–H and O–H groups in total. The Kier molecular flexibility index (Phi) is 4.41. The molecule has 0 heterocycles. The van der Waals surface area contributed by atoms with Crippen LogP contribution in [-0.4, -0.2) is 18.3 Å². The van der Waals surface area contributed by atoms with E-state index in [0.29, 0.717) is 10.6 Å². The Bertz CT molecular complexity index is 335. The van der Waals surface area contributed by atoms with Crippen LogP contribution in [0.5, 0.6) is 0 Å². The summed E-state index contributed by atoms with van der Waals surface area (Å²) in [5, 5.41) is 17.9. The topological polar surface area (TPSA) is 53.2 Å². The van der Waals surface area contributed by atoms with Crippen LogP contribution in [0.4, 0.5) is 0 Å². The Labute approximate surface area is 87.5 Å². The largest absolute Gasteiger partial charge is 0.394 e. The normalized spacial score (nSPS) is 12.1. The number of benzene rings is 1. The Balaban J connectivity index is 2.80. The van der Waals surface area contributed by atoms with Crippen molar-refractivity contribution in [3.63, 3.8) is 0 Å². The van der Waals surface area contributed by atoms with Gasteiger partial charge in [0.15, 0.2) is 6.10 Å². The van der Waals surface area contributed by atoms with Gasteiger partial charge in [-0.25, -0.2) is 0 Å². The molecule has 0 amide bonds. The van der Waals surface area contributed by atoms with E-state index in [2.05, 4.69) is 0 Å². The summed E-state index contributed by atoms with van der Waals surface area (Å²) in [7, 11) is 0. The second-order valence-electron chi connectivity index (χ2n) is 2.63. The zero-order chi connectivity index (χ0) is 10.4. The molecule has 0 radical (unpaired) electrons. The van der Waals surface area contributed by atoms with Gasteiger partial charge in [0.25, 0.3) is 0 Å². The van der Waals surface area contributed by atoms with Crippen molar-refractivity contribution >= 4 is 11.6 Å². The number of ether oxygens (including phenoxy) is 1. The van der Waals surface area contributed by atoms with Crippen molar-refractivity contribution in [2.45, 2.75) is 6.10 Å². The molecule has 1 aromatic rings. The van der Waals surface area contributed by atoms with E-state index >= 15 is 0 Å². The van der Waals surface area contributed by atoms with Gasteiger partial charge in [-0.2, -0.15) is 5.26 Å². The summed E-state index contributed by atoms with van der Waals surface area (Å²) in [6.45, 7) is 0.0199. The van der Waals surface area contributed by atoms with Gasteiger partial charge < -0.3 is 9.84 Å². The summed E-state index contributed by atoms with van der Waals surface area (Å²) in [6.07, 6.45) is -0.712. The molecule has 0 saturated carbocycles. The third-order valence-corrected chi connectivity index (χ3v) is 2.02. The molecule has 1 aromatic carbocycles. The summed E-state index contributed by atoms with van der Waals surface area (Å²) in [5.74, 6) is 0. The highest BCUT2D eigenvalue weighted by molar-refractivity contribution is 6.31. The molecule has 0 bridgehead atoms. The molecular formula is C10H10ClNO2. The van der Waals surface area contributed by atoms with Crippen molar-refractivity contribution in [3.8, 4) is 6.07 Å². The van der Waals surface area contributed by atoms with Crippen molar-refractivity contribution in [2.24, 2.45) is 0 Å². The lowest BCUT2D eigenvalue weighted by Crippen LogP contribution is -2.06. The van der Waals surface area contributed by atoms with Gasteiger partial charge in [0, 0.05) is 10.6 Å². The van der Waals surface area contributed by atoms with Crippen LogP contribution in [0.2, 0.25) is 5.02 Å². The van der Waals surface area contributed by atoms with Gasteiger partial charge in [-0.05, 0) is 6.07 Å². The monoisotopic (exact) mass is 211 g/mol. The van der Waals surface area contributed by atoms with Gasteiger partial charge in [-0.3, -0.25) is 0 Å². The van der Waals surface area contributed by atoms with E-state index in [4.69, 9.17) is 26.7 Å². The molecule has 74 valence electrons. The van der Waals surface area contributed by atoms with Gasteiger partial charge in [0.2, 0.25) is 0 Å². The number of nitrogens with zero attached hydrogens (tertiary/aromatic N) is 1. The van der Waals surface area contributed by atoms with Gasteiger partial charge in [-0.1, -0.05) is 29.8 Å². The molecule has 4 heteroatoms. The number of rotatable bonds is 4. The fourth-order valence-electron chi connectivity index (χ4n) is 1.05. The van der Waals surface area contributed by atoms with Crippen molar-refractivity contribution in [1.29, 1.82) is 5.26 Å². The lowest BCUT2D eigenvalue weighted by molar-refractivity contribution is 0.0582. The first-order valence-electron chi connectivity index (χ1n) is 4.16. The van der Waals surface area contributed by atoms with Crippen molar-refractivity contribution in [3.05, 3.63) is 34.9 Å². The highest BCUT2D eigenvalue weighted by atomic mass is 35.5. The van der Waals surface area contributed by atoms with E-state index in [-0.39, 0.29) is 13.2 Å². The van der Waals surface area contributed by atoms with Crippen LogP contribution in [-0.2, 0) is 4.74 Å². The minimum absolute atomic E-state index is 0.108. The number of aliphatic hydroxyl groups excluding tert-OH is 1. The Hall–Kier alpha value is -1.08. The summed E-state index contributed by atoms with van der Waals surface area (Å²) >= 11 is 5.88. The molecule has 1 unspecified atom stereocenters. The first-order valence-corrected chi connectivity index (χ1v) is 4.54. The number of aliphatic hydroxyl groups is 1. The van der Waals surface area contributed by atoms with Gasteiger partial charge in [0.05, 0.1) is 19.3 Å². The highest BCUT2D eigenvalue weighted by Crippen LogP contribution is 2.24. The van der Waals surface area contributed by atoms with E-state index in [1.807, 2.05) is 6.07 Å². The average Bonchev–Trinajstić information content (AvgIpc) is 2.21. The van der Waals surface area contributed by atoms with Crippen LogP contribution >= 0.6 is 11.6 Å². The highest BCUT2D eigenvalue weighted by Gasteiger charge is 2.13. The molecule has 0 spiro atoms. The van der Waals surface area contributed by atoms with E-state index in [1.54, 1.807) is 24.3 Å².